The van der Waals surface area contributed by atoms with Crippen molar-refractivity contribution in [2.45, 2.75) is 19.6 Å². The van der Waals surface area contributed by atoms with Crippen molar-refractivity contribution in [1.82, 2.24) is 14.5 Å². The Hall–Kier alpha value is -4.87. The first kappa shape index (κ1) is 26.7. The molecule has 0 fully saturated rings. The molecule has 0 atom stereocenters. The summed E-state index contributed by atoms with van der Waals surface area (Å²) in [5, 5.41) is 8.90. The Morgan fingerprint density at radius 3 is 2.55 bits per heavy atom. The monoisotopic (exact) mass is 536 g/mol. The van der Waals surface area contributed by atoms with E-state index in [9.17, 15) is 4.39 Å². The summed E-state index contributed by atoms with van der Waals surface area (Å²) in [6.07, 6.45) is 2.09. The molecule has 0 aliphatic rings. The van der Waals surface area contributed by atoms with E-state index in [0.717, 1.165) is 28.5 Å². The molecule has 0 aliphatic heterocycles. The van der Waals surface area contributed by atoms with Crippen molar-refractivity contribution in [1.29, 1.82) is 5.26 Å². The van der Waals surface area contributed by atoms with E-state index in [4.69, 9.17) is 19.7 Å². The Bertz CT molecular complexity index is 1740. The maximum atomic E-state index is 15.4. The molecular formula is C32H26F2N4O2. The number of rotatable bonds is 10. The van der Waals surface area contributed by atoms with Gasteiger partial charge in [-0.3, -0.25) is 0 Å². The summed E-state index contributed by atoms with van der Waals surface area (Å²) in [5.74, 6) is 0.118. The van der Waals surface area contributed by atoms with Crippen LogP contribution < -0.4 is 4.74 Å². The smallest absolute Gasteiger partial charge is 0.214 e. The second-order valence-electron chi connectivity index (χ2n) is 9.18. The molecule has 0 saturated heterocycles. The molecule has 5 aromatic rings. The van der Waals surface area contributed by atoms with Gasteiger partial charge in [0.05, 0.1) is 35.0 Å². The highest BCUT2D eigenvalue weighted by Gasteiger charge is 2.15. The maximum absolute atomic E-state index is 15.4. The second kappa shape index (κ2) is 11.9. The molecule has 8 heteroatoms. The van der Waals surface area contributed by atoms with E-state index >= 15 is 4.39 Å². The SMILES string of the molecule is C=Cc1ccc2nc(Cc3ccc(-c4cccc(OCc5ccc(C#N)cc5F)n4)cc3F)n(CCOC)c2c1. The summed E-state index contributed by atoms with van der Waals surface area (Å²) in [5.41, 5.74) is 4.91. The highest BCUT2D eigenvalue weighted by atomic mass is 19.1. The van der Waals surface area contributed by atoms with Gasteiger partial charge in [-0.25, -0.2) is 18.7 Å². The fraction of sp³-hybridized carbons (Fsp3) is 0.156. The third-order valence-electron chi connectivity index (χ3n) is 6.58. The number of halogens is 2. The summed E-state index contributed by atoms with van der Waals surface area (Å²) in [6, 6.07) is 22.2. The molecule has 0 N–H and O–H groups in total. The first-order chi connectivity index (χ1) is 19.5. The number of nitrogens with zero attached hydrogens (tertiary/aromatic N) is 4. The number of methoxy groups -OCH3 is 1. The van der Waals surface area contributed by atoms with Gasteiger partial charge in [0, 0.05) is 37.3 Å². The normalized spacial score (nSPS) is 10.9. The van der Waals surface area contributed by atoms with Gasteiger partial charge >= 0.3 is 0 Å². The Kier molecular flexibility index (Phi) is 7.94. The lowest BCUT2D eigenvalue weighted by Crippen LogP contribution is -2.09. The average molecular weight is 537 g/mol. The molecule has 0 saturated carbocycles. The Balaban J connectivity index is 1.36. The highest BCUT2D eigenvalue weighted by molar-refractivity contribution is 5.79. The fourth-order valence-electron chi connectivity index (χ4n) is 4.45. The van der Waals surface area contributed by atoms with E-state index in [2.05, 4.69) is 16.1 Å². The summed E-state index contributed by atoms with van der Waals surface area (Å²) < 4.78 is 42.6. The molecule has 0 amide bonds. The zero-order valence-corrected chi connectivity index (χ0v) is 21.9. The molecule has 0 spiro atoms. The van der Waals surface area contributed by atoms with Crippen LogP contribution in [0.1, 0.15) is 28.1 Å². The Labute approximate surface area is 230 Å². The average Bonchev–Trinajstić information content (AvgIpc) is 3.32. The van der Waals surface area contributed by atoms with E-state index in [1.54, 1.807) is 37.5 Å². The fourth-order valence-corrected chi connectivity index (χ4v) is 4.45. The van der Waals surface area contributed by atoms with E-state index in [-0.39, 0.29) is 23.9 Å². The number of hydrogen-bond donors (Lipinski definition) is 0. The second-order valence-corrected chi connectivity index (χ2v) is 9.18. The van der Waals surface area contributed by atoms with Gasteiger partial charge in [0.1, 0.15) is 24.1 Å². The van der Waals surface area contributed by atoms with Crippen LogP contribution in [0, 0.1) is 23.0 Å². The van der Waals surface area contributed by atoms with Crippen molar-refractivity contribution in [3.05, 3.63) is 119 Å². The van der Waals surface area contributed by atoms with Crippen LogP contribution in [0.2, 0.25) is 0 Å². The van der Waals surface area contributed by atoms with Crippen molar-refractivity contribution in [2.75, 3.05) is 13.7 Å². The van der Waals surface area contributed by atoms with Gasteiger partial charge in [0.15, 0.2) is 0 Å². The molecule has 6 nitrogen and oxygen atoms in total. The molecule has 2 heterocycles. The van der Waals surface area contributed by atoms with E-state index in [1.165, 1.54) is 18.2 Å². The summed E-state index contributed by atoms with van der Waals surface area (Å²) in [6.45, 7) is 4.88. The van der Waals surface area contributed by atoms with Gasteiger partial charge in [-0.15, -0.1) is 0 Å². The quantitative estimate of drug-likeness (QED) is 0.198. The third kappa shape index (κ3) is 5.75. The van der Waals surface area contributed by atoms with Gasteiger partial charge in [0.25, 0.3) is 0 Å². The third-order valence-corrected chi connectivity index (χ3v) is 6.58. The maximum Gasteiger partial charge on any atom is 0.214 e. The number of hydrogen-bond acceptors (Lipinski definition) is 5. The number of imidazole rings is 1. The van der Waals surface area contributed by atoms with Gasteiger partial charge in [0.2, 0.25) is 5.88 Å². The Morgan fingerprint density at radius 2 is 1.80 bits per heavy atom. The van der Waals surface area contributed by atoms with Crippen molar-refractivity contribution < 1.29 is 18.3 Å². The summed E-state index contributed by atoms with van der Waals surface area (Å²) in [7, 11) is 1.64. The van der Waals surface area contributed by atoms with Gasteiger partial charge in [-0.2, -0.15) is 5.26 Å². The van der Waals surface area contributed by atoms with Gasteiger partial charge in [-0.05, 0) is 47.5 Å². The van der Waals surface area contributed by atoms with Crippen LogP contribution in [-0.2, 0) is 24.3 Å². The molecule has 40 heavy (non-hydrogen) atoms. The van der Waals surface area contributed by atoms with Crippen molar-refractivity contribution >= 4 is 17.1 Å². The zero-order chi connectivity index (χ0) is 28.1. The minimum atomic E-state index is -0.523. The molecule has 5 rings (SSSR count). The van der Waals surface area contributed by atoms with Crippen LogP contribution in [0.15, 0.2) is 79.4 Å². The number of ether oxygens (including phenoxy) is 2. The molecule has 0 radical (unpaired) electrons. The zero-order valence-electron chi connectivity index (χ0n) is 21.9. The van der Waals surface area contributed by atoms with Gasteiger partial charge in [-0.1, -0.05) is 43.0 Å². The first-order valence-electron chi connectivity index (χ1n) is 12.7. The standard InChI is InChI=1S/C32H26F2N4O2/c1-3-21-8-12-29-30(16-21)38(13-14-39-2)31(36-29)18-23-10-11-24(17-27(23)34)28-5-4-6-32(37-28)40-20-25-9-7-22(19-35)15-26(25)33/h3-12,15-17H,1,13-14,18,20H2,2H3. The number of aromatic nitrogens is 3. The molecular weight excluding hydrogens is 510 g/mol. The van der Waals surface area contributed by atoms with Crippen LogP contribution in [0.3, 0.4) is 0 Å². The molecule has 200 valence electrons. The van der Waals surface area contributed by atoms with E-state index in [1.807, 2.05) is 30.3 Å². The number of nitriles is 1. The Morgan fingerprint density at radius 1 is 0.975 bits per heavy atom. The van der Waals surface area contributed by atoms with Crippen LogP contribution in [0.4, 0.5) is 8.78 Å². The predicted molar refractivity (Wildman–Crippen MR) is 150 cm³/mol. The van der Waals surface area contributed by atoms with Crippen LogP contribution in [0.25, 0.3) is 28.4 Å². The minimum Gasteiger partial charge on any atom is -0.473 e. The first-order valence-corrected chi connectivity index (χ1v) is 12.7. The number of benzene rings is 3. The van der Waals surface area contributed by atoms with Crippen molar-refractivity contribution in [2.24, 2.45) is 0 Å². The molecule has 2 aromatic heterocycles. The number of pyridine rings is 1. The van der Waals surface area contributed by atoms with Crippen LogP contribution in [-0.4, -0.2) is 28.3 Å². The summed E-state index contributed by atoms with van der Waals surface area (Å²) >= 11 is 0. The minimum absolute atomic E-state index is 0.0559. The lowest BCUT2D eigenvalue weighted by molar-refractivity contribution is 0.187. The van der Waals surface area contributed by atoms with Crippen molar-refractivity contribution in [3.8, 4) is 23.2 Å². The molecule has 3 aromatic carbocycles. The van der Waals surface area contributed by atoms with Crippen LogP contribution in [0.5, 0.6) is 5.88 Å². The van der Waals surface area contributed by atoms with Crippen molar-refractivity contribution in [3.63, 3.8) is 0 Å². The molecule has 0 unspecified atom stereocenters. The topological polar surface area (TPSA) is 73.0 Å². The molecule has 0 bridgehead atoms. The highest BCUT2D eigenvalue weighted by Crippen LogP contribution is 2.26. The predicted octanol–water partition coefficient (Wildman–Crippen LogP) is 6.71. The summed E-state index contributed by atoms with van der Waals surface area (Å²) in [4.78, 5) is 9.23. The van der Waals surface area contributed by atoms with E-state index in [0.29, 0.717) is 42.0 Å². The molecule has 0 aliphatic carbocycles. The van der Waals surface area contributed by atoms with Crippen LogP contribution >= 0.6 is 0 Å². The van der Waals surface area contributed by atoms with E-state index < -0.39 is 5.82 Å². The number of fused-ring (bicyclic) bond motifs is 1. The lowest BCUT2D eigenvalue weighted by Gasteiger charge is -2.11. The largest absolute Gasteiger partial charge is 0.473 e. The van der Waals surface area contributed by atoms with Gasteiger partial charge < -0.3 is 14.0 Å². The lowest BCUT2D eigenvalue weighted by atomic mass is 10.1.